The van der Waals surface area contributed by atoms with Gasteiger partial charge in [-0.1, -0.05) is 179 Å². The molecule has 0 aliphatic rings. The van der Waals surface area contributed by atoms with Gasteiger partial charge in [0.05, 0.1) is 18.8 Å². The van der Waals surface area contributed by atoms with Crippen molar-refractivity contribution in [3.8, 4) is 0 Å². The van der Waals surface area contributed by atoms with E-state index in [0.29, 0.717) is 19.3 Å². The lowest BCUT2D eigenvalue weighted by Crippen LogP contribution is -2.53. The molecule has 0 aromatic rings. The summed E-state index contributed by atoms with van der Waals surface area (Å²) in [6.07, 6.45) is 46.3. The molecule has 0 saturated carbocycles. The predicted octanol–water partition coefficient (Wildman–Crippen LogP) is 11.3. The van der Waals surface area contributed by atoms with Crippen LogP contribution in [0.3, 0.4) is 0 Å². The van der Waals surface area contributed by atoms with Gasteiger partial charge in [0, 0.05) is 0 Å². The van der Waals surface area contributed by atoms with Crippen LogP contribution in [-0.4, -0.2) is 57.3 Å². The molecule has 6 heteroatoms. The minimum atomic E-state index is -1.29. The van der Waals surface area contributed by atoms with E-state index >= 15 is 0 Å². The second-order valence-electron chi connectivity index (χ2n) is 15.0. The monoisotopic (exact) mass is 720 g/mol. The molecule has 0 aromatic carbocycles. The first-order chi connectivity index (χ1) is 25.0. The fourth-order valence-corrected chi connectivity index (χ4v) is 6.52. The number of carbonyl (C=O) groups is 1. The van der Waals surface area contributed by atoms with Gasteiger partial charge in [0.2, 0.25) is 5.91 Å². The fourth-order valence-electron chi connectivity index (χ4n) is 6.52. The first-order valence-corrected chi connectivity index (χ1v) is 21.9. The molecule has 0 spiro atoms. The number of aliphatic hydroxyl groups excluding tert-OH is 4. The molecular formula is C45H85NO5. The molecule has 0 radical (unpaired) electrons. The Balaban J connectivity index is 3.75. The Morgan fingerprint density at radius 3 is 1.29 bits per heavy atom. The third-order valence-electron chi connectivity index (χ3n) is 10.1. The van der Waals surface area contributed by atoms with Crippen LogP contribution in [0.4, 0.5) is 0 Å². The van der Waals surface area contributed by atoms with E-state index in [4.69, 9.17) is 0 Å². The van der Waals surface area contributed by atoms with Gasteiger partial charge < -0.3 is 25.7 Å². The number of hydrogen-bond acceptors (Lipinski definition) is 5. The van der Waals surface area contributed by atoms with E-state index < -0.39 is 36.9 Å². The Labute approximate surface area is 316 Å². The topological polar surface area (TPSA) is 110 Å². The Bertz CT molecular complexity index is 812. The van der Waals surface area contributed by atoms with Crippen LogP contribution in [0.15, 0.2) is 36.5 Å². The van der Waals surface area contributed by atoms with E-state index in [2.05, 4.69) is 55.6 Å². The third-order valence-corrected chi connectivity index (χ3v) is 10.1. The quantitative estimate of drug-likeness (QED) is 0.0321. The molecule has 0 aliphatic heterocycles. The van der Waals surface area contributed by atoms with Gasteiger partial charge in [-0.15, -0.1) is 0 Å². The van der Waals surface area contributed by atoms with Crippen molar-refractivity contribution in [3.63, 3.8) is 0 Å². The molecule has 0 bridgehead atoms. The molecule has 0 aliphatic carbocycles. The van der Waals surface area contributed by atoms with Gasteiger partial charge in [-0.3, -0.25) is 4.79 Å². The van der Waals surface area contributed by atoms with Crippen molar-refractivity contribution < 1.29 is 25.2 Å². The molecule has 4 unspecified atom stereocenters. The zero-order valence-electron chi connectivity index (χ0n) is 33.6. The van der Waals surface area contributed by atoms with Gasteiger partial charge in [0.15, 0.2) is 0 Å². The van der Waals surface area contributed by atoms with Gasteiger partial charge in [0.1, 0.15) is 12.2 Å². The number of unbranched alkanes of at least 4 members (excludes halogenated alkanes) is 24. The third kappa shape index (κ3) is 34.1. The highest BCUT2D eigenvalue weighted by Gasteiger charge is 2.28. The second kappa shape index (κ2) is 39.7. The average molecular weight is 720 g/mol. The maximum Gasteiger partial charge on any atom is 0.249 e. The lowest BCUT2D eigenvalue weighted by molar-refractivity contribution is -0.132. The molecular weight excluding hydrogens is 634 g/mol. The van der Waals surface area contributed by atoms with Crippen molar-refractivity contribution in [1.82, 2.24) is 5.32 Å². The smallest absolute Gasteiger partial charge is 0.249 e. The molecule has 51 heavy (non-hydrogen) atoms. The summed E-state index contributed by atoms with van der Waals surface area (Å²) in [5.74, 6) is -0.610. The summed E-state index contributed by atoms with van der Waals surface area (Å²) in [4.78, 5) is 12.4. The van der Waals surface area contributed by atoms with Gasteiger partial charge >= 0.3 is 0 Å². The highest BCUT2D eigenvalue weighted by molar-refractivity contribution is 5.80. The summed E-state index contributed by atoms with van der Waals surface area (Å²) in [5, 5.41) is 43.5. The van der Waals surface area contributed by atoms with Crippen molar-refractivity contribution >= 4 is 5.91 Å². The maximum atomic E-state index is 12.4. The number of rotatable bonds is 39. The Morgan fingerprint density at radius 1 is 0.471 bits per heavy atom. The number of amides is 1. The number of allylic oxidation sites excluding steroid dienone is 6. The highest BCUT2D eigenvalue weighted by atomic mass is 16.3. The highest BCUT2D eigenvalue weighted by Crippen LogP contribution is 2.15. The van der Waals surface area contributed by atoms with E-state index in [1.54, 1.807) is 0 Å². The SMILES string of the molecule is CCCC/C=C\CCCCCCC(O)C(=O)NC(CO)C(O)C(O)CCC/C=C/CC/C=C/CCCCCCCCCCCCCCCCCC. The molecule has 0 fully saturated rings. The van der Waals surface area contributed by atoms with Crippen LogP contribution in [0, 0.1) is 0 Å². The first kappa shape index (κ1) is 49.5. The molecule has 0 heterocycles. The minimum Gasteiger partial charge on any atom is -0.394 e. The van der Waals surface area contributed by atoms with E-state index in [9.17, 15) is 25.2 Å². The molecule has 0 rings (SSSR count). The fraction of sp³-hybridized carbons (Fsp3) is 0.844. The molecule has 5 N–H and O–H groups in total. The summed E-state index contributed by atoms with van der Waals surface area (Å²) in [6, 6.07) is -1.01. The number of aliphatic hydroxyl groups is 4. The van der Waals surface area contributed by atoms with Crippen molar-refractivity contribution in [2.45, 2.75) is 237 Å². The molecule has 1 amide bonds. The van der Waals surface area contributed by atoms with E-state index in [0.717, 1.165) is 57.8 Å². The van der Waals surface area contributed by atoms with Crippen LogP contribution in [0.1, 0.15) is 213 Å². The van der Waals surface area contributed by atoms with Crippen molar-refractivity contribution in [2.75, 3.05) is 6.61 Å². The van der Waals surface area contributed by atoms with E-state index in [-0.39, 0.29) is 0 Å². The van der Waals surface area contributed by atoms with Crippen molar-refractivity contribution in [1.29, 1.82) is 0 Å². The number of nitrogens with one attached hydrogen (secondary N) is 1. The average Bonchev–Trinajstić information content (AvgIpc) is 3.13. The maximum absolute atomic E-state index is 12.4. The molecule has 6 nitrogen and oxygen atoms in total. The Morgan fingerprint density at radius 2 is 0.843 bits per heavy atom. The van der Waals surface area contributed by atoms with E-state index in [1.165, 1.54) is 122 Å². The van der Waals surface area contributed by atoms with Crippen molar-refractivity contribution in [3.05, 3.63) is 36.5 Å². The van der Waals surface area contributed by atoms with Crippen LogP contribution in [-0.2, 0) is 4.79 Å². The van der Waals surface area contributed by atoms with Gasteiger partial charge in [-0.25, -0.2) is 0 Å². The van der Waals surface area contributed by atoms with Gasteiger partial charge in [-0.05, 0) is 70.6 Å². The zero-order valence-corrected chi connectivity index (χ0v) is 33.6. The van der Waals surface area contributed by atoms with Crippen LogP contribution >= 0.6 is 0 Å². The van der Waals surface area contributed by atoms with Crippen LogP contribution in [0.5, 0.6) is 0 Å². The predicted molar refractivity (Wildman–Crippen MR) is 219 cm³/mol. The second-order valence-corrected chi connectivity index (χ2v) is 15.0. The lowest BCUT2D eigenvalue weighted by Gasteiger charge is -2.27. The van der Waals surface area contributed by atoms with E-state index in [1.807, 2.05) is 0 Å². The lowest BCUT2D eigenvalue weighted by atomic mass is 10.00. The molecule has 300 valence electrons. The van der Waals surface area contributed by atoms with Crippen LogP contribution < -0.4 is 5.32 Å². The number of carbonyl (C=O) groups excluding carboxylic acids is 1. The normalized spacial score (nSPS) is 14.5. The molecule has 0 aromatic heterocycles. The van der Waals surface area contributed by atoms with Crippen LogP contribution in [0.25, 0.3) is 0 Å². The summed E-state index contributed by atoms with van der Waals surface area (Å²) >= 11 is 0. The standard InChI is InChI=1S/C45H85NO5/c1-3-5-7-9-11-13-15-16-17-18-19-20-21-22-23-24-25-26-27-28-29-31-32-34-36-38-42(48)44(50)41(40-47)46-45(51)43(49)39-37-35-33-30-14-12-10-8-6-4-2/h10,12,26-27,31-32,41-44,47-50H,3-9,11,13-25,28-30,33-40H2,1-2H3,(H,46,51)/b12-10-,27-26+,32-31+. The Hall–Kier alpha value is -1.47. The molecule has 4 atom stereocenters. The van der Waals surface area contributed by atoms with Crippen LogP contribution in [0.2, 0.25) is 0 Å². The zero-order chi connectivity index (χ0) is 37.5. The molecule has 0 saturated heterocycles. The summed E-state index contributed by atoms with van der Waals surface area (Å²) in [5.41, 5.74) is 0. The summed E-state index contributed by atoms with van der Waals surface area (Å²) in [6.45, 7) is 3.98. The minimum absolute atomic E-state index is 0.344. The number of hydrogen-bond donors (Lipinski definition) is 5. The summed E-state index contributed by atoms with van der Waals surface area (Å²) in [7, 11) is 0. The summed E-state index contributed by atoms with van der Waals surface area (Å²) < 4.78 is 0. The largest absolute Gasteiger partial charge is 0.394 e. The van der Waals surface area contributed by atoms with Gasteiger partial charge in [-0.2, -0.15) is 0 Å². The van der Waals surface area contributed by atoms with Crippen molar-refractivity contribution in [2.24, 2.45) is 0 Å². The first-order valence-electron chi connectivity index (χ1n) is 21.9. The van der Waals surface area contributed by atoms with Gasteiger partial charge in [0.25, 0.3) is 0 Å². The Kier molecular flexibility index (Phi) is 38.6.